The first-order valence-corrected chi connectivity index (χ1v) is 10.7. The molecule has 0 saturated carbocycles. The number of carbonyl (C=O) groups excluding carboxylic acids is 2. The third-order valence-corrected chi connectivity index (χ3v) is 5.72. The predicted octanol–water partition coefficient (Wildman–Crippen LogP) is 3.74. The van der Waals surface area contributed by atoms with Gasteiger partial charge in [-0.05, 0) is 48.7 Å². The van der Waals surface area contributed by atoms with Crippen molar-refractivity contribution in [1.82, 2.24) is 20.1 Å². The molecule has 0 bridgehead atoms. The second-order valence-corrected chi connectivity index (χ2v) is 8.51. The number of methoxy groups -OCH3 is 1. The van der Waals surface area contributed by atoms with Crippen molar-refractivity contribution in [2.75, 3.05) is 7.11 Å². The number of nitrogens with zero attached hydrogens (tertiary/aromatic N) is 3. The van der Waals surface area contributed by atoms with Crippen LogP contribution in [-0.2, 0) is 4.79 Å². The summed E-state index contributed by atoms with van der Waals surface area (Å²) in [5.41, 5.74) is 7.98. The van der Waals surface area contributed by atoms with Gasteiger partial charge in [-0.2, -0.15) is 0 Å². The normalized spacial score (nSPS) is 11.9. The van der Waals surface area contributed by atoms with Crippen LogP contribution in [-0.4, -0.2) is 39.1 Å². The molecule has 9 heteroatoms. The van der Waals surface area contributed by atoms with E-state index < -0.39 is 17.2 Å². The summed E-state index contributed by atoms with van der Waals surface area (Å²) in [6.07, 6.45) is 0. The van der Waals surface area contributed by atoms with Gasteiger partial charge in [0.15, 0.2) is 11.0 Å². The van der Waals surface area contributed by atoms with Gasteiger partial charge in [-0.25, -0.2) is 4.79 Å². The lowest BCUT2D eigenvalue weighted by Gasteiger charge is -2.18. The molecule has 0 aliphatic heterocycles. The molecule has 0 spiro atoms. The molecule has 0 radical (unpaired) electrons. The number of hydrogen-bond acceptors (Lipinski definition) is 6. The van der Waals surface area contributed by atoms with E-state index in [0.29, 0.717) is 11.0 Å². The summed E-state index contributed by atoms with van der Waals surface area (Å²) in [4.78, 5) is 23.3. The molecule has 31 heavy (non-hydrogen) atoms. The summed E-state index contributed by atoms with van der Waals surface area (Å²) in [5.74, 6) is 1.15. The summed E-state index contributed by atoms with van der Waals surface area (Å²) in [6.45, 7) is 5.92. The first kappa shape index (κ1) is 22.4. The van der Waals surface area contributed by atoms with Crippen molar-refractivity contribution >= 4 is 23.7 Å². The second kappa shape index (κ2) is 9.65. The first-order chi connectivity index (χ1) is 14.8. The molecule has 1 atom stereocenters. The highest BCUT2D eigenvalue weighted by molar-refractivity contribution is 8.00. The number of imide groups is 1. The molecule has 8 nitrogen and oxygen atoms in total. The Morgan fingerprint density at radius 2 is 1.74 bits per heavy atom. The fourth-order valence-electron chi connectivity index (χ4n) is 3.10. The van der Waals surface area contributed by atoms with Crippen LogP contribution in [0.25, 0.3) is 17.1 Å². The van der Waals surface area contributed by atoms with Crippen molar-refractivity contribution in [2.45, 2.75) is 37.1 Å². The van der Waals surface area contributed by atoms with Gasteiger partial charge >= 0.3 is 6.03 Å². The van der Waals surface area contributed by atoms with Crippen molar-refractivity contribution in [2.24, 2.45) is 5.73 Å². The van der Waals surface area contributed by atoms with Crippen LogP contribution in [0.5, 0.6) is 5.75 Å². The molecular weight excluding hydrogens is 414 g/mol. The van der Waals surface area contributed by atoms with Crippen LogP contribution < -0.4 is 15.8 Å². The van der Waals surface area contributed by atoms with Gasteiger partial charge in [-0.15, -0.1) is 10.2 Å². The van der Waals surface area contributed by atoms with Crippen molar-refractivity contribution in [3.63, 3.8) is 0 Å². The number of hydrogen-bond donors (Lipinski definition) is 2. The molecular formula is C22H25N5O3S. The standard InChI is InChI=1S/C22H25N5O3S/c1-13(2)17-7-5-6-8-18(17)27-19(15-9-11-16(30-4)12-10-15)25-26-22(27)31-14(3)20(28)24-21(23)29/h5-14H,1-4H3,(H3,23,24,28,29)/t14-/m0/s1. The SMILES string of the molecule is COc1ccc(-c2nnc(S[C@@H](C)C(=O)NC(N)=O)n2-c2ccccc2C(C)C)cc1. The van der Waals surface area contributed by atoms with E-state index in [9.17, 15) is 9.59 Å². The number of rotatable bonds is 7. The Morgan fingerprint density at radius 1 is 1.06 bits per heavy atom. The zero-order valence-electron chi connectivity index (χ0n) is 17.8. The van der Waals surface area contributed by atoms with Crippen LogP contribution in [0.15, 0.2) is 53.7 Å². The van der Waals surface area contributed by atoms with Crippen molar-refractivity contribution in [3.8, 4) is 22.8 Å². The fourth-order valence-corrected chi connectivity index (χ4v) is 3.96. The van der Waals surface area contributed by atoms with Gasteiger partial charge in [0, 0.05) is 5.56 Å². The van der Waals surface area contributed by atoms with Crippen LogP contribution in [0.4, 0.5) is 4.79 Å². The van der Waals surface area contributed by atoms with E-state index in [0.717, 1.165) is 22.6 Å². The maximum Gasteiger partial charge on any atom is 0.318 e. The number of benzene rings is 2. The number of para-hydroxylation sites is 1. The predicted molar refractivity (Wildman–Crippen MR) is 120 cm³/mol. The molecule has 0 unspecified atom stereocenters. The molecule has 0 fully saturated rings. The van der Waals surface area contributed by atoms with Crippen LogP contribution in [0.3, 0.4) is 0 Å². The lowest BCUT2D eigenvalue weighted by atomic mass is 10.0. The molecule has 0 aliphatic rings. The van der Waals surface area contributed by atoms with E-state index in [1.54, 1.807) is 14.0 Å². The zero-order chi connectivity index (χ0) is 22.5. The number of carbonyl (C=O) groups is 2. The fraction of sp³-hybridized carbons (Fsp3) is 0.273. The molecule has 2 aromatic carbocycles. The molecule has 3 aromatic rings. The van der Waals surface area contributed by atoms with E-state index in [4.69, 9.17) is 10.5 Å². The molecule has 3 amide bonds. The molecule has 162 valence electrons. The number of ether oxygens (including phenoxy) is 1. The summed E-state index contributed by atoms with van der Waals surface area (Å²) in [7, 11) is 1.61. The van der Waals surface area contributed by atoms with Crippen LogP contribution in [0.1, 0.15) is 32.3 Å². The number of urea groups is 1. The number of amides is 3. The van der Waals surface area contributed by atoms with Crippen molar-refractivity contribution in [3.05, 3.63) is 54.1 Å². The maximum atomic E-state index is 12.2. The highest BCUT2D eigenvalue weighted by atomic mass is 32.2. The van der Waals surface area contributed by atoms with Crippen LogP contribution in [0, 0.1) is 0 Å². The Hall–Kier alpha value is -3.33. The van der Waals surface area contributed by atoms with Gasteiger partial charge < -0.3 is 10.5 Å². The third kappa shape index (κ3) is 5.05. The quantitative estimate of drug-likeness (QED) is 0.542. The monoisotopic (exact) mass is 439 g/mol. The van der Waals surface area contributed by atoms with E-state index in [-0.39, 0.29) is 5.92 Å². The van der Waals surface area contributed by atoms with E-state index in [1.165, 1.54) is 11.8 Å². The first-order valence-electron chi connectivity index (χ1n) is 9.78. The number of nitrogens with two attached hydrogens (primary N) is 1. The van der Waals surface area contributed by atoms with Crippen LogP contribution in [0.2, 0.25) is 0 Å². The average Bonchev–Trinajstić information content (AvgIpc) is 3.16. The molecule has 0 aliphatic carbocycles. The largest absolute Gasteiger partial charge is 0.497 e. The van der Waals surface area contributed by atoms with Gasteiger partial charge in [-0.1, -0.05) is 43.8 Å². The highest BCUT2D eigenvalue weighted by Gasteiger charge is 2.24. The number of nitrogens with one attached hydrogen (secondary N) is 1. The lowest BCUT2D eigenvalue weighted by Crippen LogP contribution is -2.39. The van der Waals surface area contributed by atoms with E-state index >= 15 is 0 Å². The highest BCUT2D eigenvalue weighted by Crippen LogP contribution is 2.34. The molecule has 1 heterocycles. The van der Waals surface area contributed by atoms with E-state index in [1.807, 2.05) is 47.0 Å². The van der Waals surface area contributed by atoms with Gasteiger partial charge in [0.05, 0.1) is 18.0 Å². The number of thioether (sulfide) groups is 1. The maximum absolute atomic E-state index is 12.2. The number of aromatic nitrogens is 3. The lowest BCUT2D eigenvalue weighted by molar-refractivity contribution is -0.119. The third-order valence-electron chi connectivity index (χ3n) is 4.68. The smallest absolute Gasteiger partial charge is 0.318 e. The van der Waals surface area contributed by atoms with Crippen molar-refractivity contribution < 1.29 is 14.3 Å². The summed E-state index contributed by atoms with van der Waals surface area (Å²) >= 11 is 1.20. The molecule has 0 saturated heterocycles. The minimum absolute atomic E-state index is 0.260. The second-order valence-electron chi connectivity index (χ2n) is 7.20. The summed E-state index contributed by atoms with van der Waals surface area (Å²) in [6, 6.07) is 14.7. The summed E-state index contributed by atoms with van der Waals surface area (Å²) < 4.78 is 7.20. The molecule has 3 N–H and O–H groups in total. The van der Waals surface area contributed by atoms with Gasteiger partial charge in [0.2, 0.25) is 5.91 Å². The van der Waals surface area contributed by atoms with E-state index in [2.05, 4.69) is 35.4 Å². The molecule has 1 aromatic heterocycles. The Morgan fingerprint density at radius 3 is 2.35 bits per heavy atom. The number of primary amides is 1. The molecule has 3 rings (SSSR count). The van der Waals surface area contributed by atoms with Crippen LogP contribution >= 0.6 is 11.8 Å². The summed E-state index contributed by atoms with van der Waals surface area (Å²) in [5, 5.41) is 10.8. The van der Waals surface area contributed by atoms with Gasteiger partial charge in [0.25, 0.3) is 0 Å². The topological polar surface area (TPSA) is 112 Å². The van der Waals surface area contributed by atoms with Gasteiger partial charge in [-0.3, -0.25) is 14.7 Å². The minimum atomic E-state index is -0.886. The van der Waals surface area contributed by atoms with Gasteiger partial charge in [0.1, 0.15) is 5.75 Å². The Kier molecular flexibility index (Phi) is 6.96. The Bertz CT molecular complexity index is 1080. The Labute approximate surface area is 185 Å². The average molecular weight is 440 g/mol. The Balaban J connectivity index is 2.11. The zero-order valence-corrected chi connectivity index (χ0v) is 18.6. The minimum Gasteiger partial charge on any atom is -0.497 e. The van der Waals surface area contributed by atoms with Crippen molar-refractivity contribution in [1.29, 1.82) is 0 Å².